The van der Waals surface area contributed by atoms with Crippen LogP contribution in [0.15, 0.2) is 28.9 Å². The molecule has 0 aliphatic carbocycles. The second kappa shape index (κ2) is 7.99. The van der Waals surface area contributed by atoms with Crippen molar-refractivity contribution in [2.24, 2.45) is 5.92 Å². The maximum absolute atomic E-state index is 5.70. The number of hydrogen-bond donors (Lipinski definition) is 0. The van der Waals surface area contributed by atoms with Crippen LogP contribution >= 0.6 is 0 Å². The number of hydrogen-bond acceptors (Lipinski definition) is 4. The van der Waals surface area contributed by atoms with Gasteiger partial charge < -0.3 is 8.98 Å². The normalized spacial score (nSPS) is 17.0. The lowest BCUT2D eigenvalue weighted by Crippen LogP contribution is -2.37. The Labute approximate surface area is 145 Å². The van der Waals surface area contributed by atoms with Gasteiger partial charge in [-0.3, -0.25) is 9.80 Å². The fraction of sp³-hybridized carbons (Fsp3) is 0.632. The third-order valence-corrected chi connectivity index (χ3v) is 5.01. The van der Waals surface area contributed by atoms with E-state index in [4.69, 9.17) is 4.42 Å². The molecule has 0 spiro atoms. The summed E-state index contributed by atoms with van der Waals surface area (Å²) in [5, 5.41) is 0. The van der Waals surface area contributed by atoms with Gasteiger partial charge in [0.25, 0.3) is 0 Å². The number of nitrogens with zero attached hydrogens (tertiary/aromatic N) is 4. The molecule has 2 aromatic heterocycles. The zero-order valence-corrected chi connectivity index (χ0v) is 15.2. The van der Waals surface area contributed by atoms with E-state index in [1.165, 1.54) is 31.8 Å². The van der Waals surface area contributed by atoms with Gasteiger partial charge in [-0.1, -0.05) is 0 Å². The average molecular weight is 330 g/mol. The van der Waals surface area contributed by atoms with Crippen molar-refractivity contribution in [2.75, 3.05) is 26.7 Å². The van der Waals surface area contributed by atoms with Crippen molar-refractivity contribution >= 4 is 0 Å². The molecule has 132 valence electrons. The molecule has 0 N–H and O–H groups in total. The molecule has 0 amide bonds. The molecule has 0 radical (unpaired) electrons. The van der Waals surface area contributed by atoms with Crippen LogP contribution in [0.4, 0.5) is 0 Å². The van der Waals surface area contributed by atoms with Gasteiger partial charge >= 0.3 is 0 Å². The Morgan fingerprint density at radius 2 is 2.08 bits per heavy atom. The number of aryl methyl sites for hydroxylation is 2. The molecule has 1 fully saturated rings. The standard InChI is InChI=1S/C19H30N4O/c1-4-23-12-9-20-19(23)15-21(3)13-17-7-10-22(11-8-17)14-18-6-5-16(2)24-18/h5-6,9,12,17H,4,7-8,10-11,13-15H2,1-3H3. The number of furan rings is 1. The predicted molar refractivity (Wildman–Crippen MR) is 95.7 cm³/mol. The first kappa shape index (κ1) is 17.2. The fourth-order valence-electron chi connectivity index (χ4n) is 3.64. The molecule has 3 rings (SSSR count). The molecule has 0 aromatic carbocycles. The summed E-state index contributed by atoms with van der Waals surface area (Å²) in [7, 11) is 2.21. The van der Waals surface area contributed by atoms with Crippen LogP contribution in [0.5, 0.6) is 0 Å². The summed E-state index contributed by atoms with van der Waals surface area (Å²) in [5.74, 6) is 4.06. The van der Waals surface area contributed by atoms with Crippen molar-refractivity contribution in [3.8, 4) is 0 Å². The van der Waals surface area contributed by atoms with Crippen LogP contribution in [0.25, 0.3) is 0 Å². The molecule has 1 aliphatic heterocycles. The molecule has 1 aliphatic rings. The van der Waals surface area contributed by atoms with Gasteiger partial charge in [-0.25, -0.2) is 4.98 Å². The van der Waals surface area contributed by atoms with E-state index >= 15 is 0 Å². The number of aromatic nitrogens is 2. The van der Waals surface area contributed by atoms with Gasteiger partial charge in [0, 0.05) is 25.5 Å². The highest BCUT2D eigenvalue weighted by molar-refractivity contribution is 5.05. The Bertz CT molecular complexity index is 625. The molecule has 0 atom stereocenters. The molecular formula is C19H30N4O. The monoisotopic (exact) mass is 330 g/mol. The first-order valence-electron chi connectivity index (χ1n) is 9.10. The Morgan fingerprint density at radius 1 is 1.29 bits per heavy atom. The third kappa shape index (κ3) is 4.48. The SMILES string of the molecule is CCn1ccnc1CN(C)CC1CCN(Cc2ccc(C)o2)CC1. The zero-order chi connectivity index (χ0) is 16.9. The van der Waals surface area contributed by atoms with Crippen molar-refractivity contribution in [2.45, 2.75) is 46.3 Å². The van der Waals surface area contributed by atoms with Gasteiger partial charge in [0.05, 0.1) is 13.1 Å². The van der Waals surface area contributed by atoms with E-state index in [1.54, 1.807) is 0 Å². The van der Waals surface area contributed by atoms with Crippen LogP contribution < -0.4 is 0 Å². The van der Waals surface area contributed by atoms with Crippen LogP contribution in [-0.4, -0.2) is 46.0 Å². The van der Waals surface area contributed by atoms with Gasteiger partial charge in [-0.15, -0.1) is 0 Å². The highest BCUT2D eigenvalue weighted by Gasteiger charge is 2.21. The quantitative estimate of drug-likeness (QED) is 0.781. The minimum absolute atomic E-state index is 0.787. The maximum Gasteiger partial charge on any atom is 0.122 e. The highest BCUT2D eigenvalue weighted by atomic mass is 16.3. The molecule has 0 saturated carbocycles. The third-order valence-electron chi connectivity index (χ3n) is 5.01. The summed E-state index contributed by atoms with van der Waals surface area (Å²) in [5.41, 5.74) is 0. The maximum atomic E-state index is 5.70. The molecule has 2 aromatic rings. The molecular weight excluding hydrogens is 300 g/mol. The van der Waals surface area contributed by atoms with Crippen molar-refractivity contribution in [3.63, 3.8) is 0 Å². The van der Waals surface area contributed by atoms with Crippen molar-refractivity contribution in [1.82, 2.24) is 19.4 Å². The molecule has 0 bridgehead atoms. The summed E-state index contributed by atoms with van der Waals surface area (Å²) < 4.78 is 7.93. The second-order valence-electron chi connectivity index (χ2n) is 7.06. The molecule has 1 saturated heterocycles. The molecule has 0 unspecified atom stereocenters. The van der Waals surface area contributed by atoms with Crippen molar-refractivity contribution in [1.29, 1.82) is 0 Å². The first-order chi connectivity index (χ1) is 11.6. The van der Waals surface area contributed by atoms with Crippen LogP contribution in [0.2, 0.25) is 0 Å². The number of rotatable bonds is 7. The Morgan fingerprint density at radius 3 is 2.75 bits per heavy atom. The van der Waals surface area contributed by atoms with Gasteiger partial charge in [0.1, 0.15) is 17.3 Å². The summed E-state index contributed by atoms with van der Waals surface area (Å²) in [6.45, 7) is 10.6. The van der Waals surface area contributed by atoms with Crippen LogP contribution in [0.1, 0.15) is 37.1 Å². The predicted octanol–water partition coefficient (Wildman–Crippen LogP) is 3.15. The van der Waals surface area contributed by atoms with Gasteiger partial charge in [0.15, 0.2) is 0 Å². The lowest BCUT2D eigenvalue weighted by Gasteiger charge is -2.33. The lowest BCUT2D eigenvalue weighted by molar-refractivity contribution is 0.138. The largest absolute Gasteiger partial charge is 0.465 e. The average Bonchev–Trinajstić information content (AvgIpc) is 3.18. The smallest absolute Gasteiger partial charge is 0.122 e. The van der Waals surface area contributed by atoms with E-state index in [1.807, 2.05) is 13.1 Å². The van der Waals surface area contributed by atoms with Gasteiger partial charge in [0.2, 0.25) is 0 Å². The summed E-state index contributed by atoms with van der Waals surface area (Å²) >= 11 is 0. The van der Waals surface area contributed by atoms with E-state index in [9.17, 15) is 0 Å². The van der Waals surface area contributed by atoms with Crippen LogP contribution in [0.3, 0.4) is 0 Å². The van der Waals surface area contributed by atoms with Gasteiger partial charge in [-0.2, -0.15) is 0 Å². The minimum atomic E-state index is 0.787. The topological polar surface area (TPSA) is 37.4 Å². The summed E-state index contributed by atoms with van der Waals surface area (Å²) in [6, 6.07) is 4.16. The number of likely N-dealkylation sites (tertiary alicyclic amines) is 1. The fourth-order valence-corrected chi connectivity index (χ4v) is 3.64. The molecule has 5 heteroatoms. The highest BCUT2D eigenvalue weighted by Crippen LogP contribution is 2.21. The lowest BCUT2D eigenvalue weighted by atomic mass is 9.96. The Balaban J connectivity index is 1.41. The summed E-state index contributed by atoms with van der Waals surface area (Å²) in [6.07, 6.45) is 6.51. The van der Waals surface area contributed by atoms with E-state index in [0.717, 1.165) is 43.6 Å². The molecule has 3 heterocycles. The van der Waals surface area contributed by atoms with Gasteiger partial charge in [-0.05, 0) is 64.9 Å². The van der Waals surface area contributed by atoms with Crippen molar-refractivity contribution in [3.05, 3.63) is 41.9 Å². The first-order valence-corrected chi connectivity index (χ1v) is 9.10. The minimum Gasteiger partial charge on any atom is -0.465 e. The van der Waals surface area contributed by atoms with E-state index < -0.39 is 0 Å². The van der Waals surface area contributed by atoms with E-state index in [0.29, 0.717) is 0 Å². The Kier molecular flexibility index (Phi) is 5.74. The van der Waals surface area contributed by atoms with E-state index in [2.05, 4.69) is 51.7 Å². The second-order valence-corrected chi connectivity index (χ2v) is 7.06. The molecule has 5 nitrogen and oxygen atoms in total. The van der Waals surface area contributed by atoms with Crippen LogP contribution in [0, 0.1) is 12.8 Å². The summed E-state index contributed by atoms with van der Waals surface area (Å²) in [4.78, 5) is 9.42. The molecule has 24 heavy (non-hydrogen) atoms. The van der Waals surface area contributed by atoms with Crippen LogP contribution in [-0.2, 0) is 19.6 Å². The zero-order valence-electron chi connectivity index (χ0n) is 15.2. The Hall–Kier alpha value is -1.59. The van der Waals surface area contributed by atoms with E-state index in [-0.39, 0.29) is 0 Å². The van der Waals surface area contributed by atoms with Crippen molar-refractivity contribution < 1.29 is 4.42 Å². The number of piperidine rings is 1. The number of imidazole rings is 1.